The SMILES string of the molecule is Cc1ncccc1CN1CCN(c2ccccc2Cl)CC1. The molecule has 1 aromatic carbocycles. The summed E-state index contributed by atoms with van der Waals surface area (Å²) in [4.78, 5) is 9.22. The summed E-state index contributed by atoms with van der Waals surface area (Å²) in [7, 11) is 0. The topological polar surface area (TPSA) is 19.4 Å². The lowest BCUT2D eigenvalue weighted by Crippen LogP contribution is -2.46. The zero-order chi connectivity index (χ0) is 14.7. The standard InChI is InChI=1S/C17H20ClN3/c1-14-15(5-4-8-19-14)13-20-9-11-21(12-10-20)17-7-3-2-6-16(17)18/h2-8H,9-13H2,1H3. The molecule has 110 valence electrons. The number of pyridine rings is 1. The molecular weight excluding hydrogens is 282 g/mol. The number of anilines is 1. The molecule has 1 aliphatic heterocycles. The zero-order valence-corrected chi connectivity index (χ0v) is 13.1. The fraction of sp³-hybridized carbons (Fsp3) is 0.353. The van der Waals surface area contributed by atoms with Crippen LogP contribution in [-0.4, -0.2) is 36.1 Å². The molecule has 0 N–H and O–H groups in total. The summed E-state index contributed by atoms with van der Waals surface area (Å²) in [5.41, 5.74) is 3.60. The molecule has 0 spiro atoms. The van der Waals surface area contributed by atoms with E-state index in [-0.39, 0.29) is 0 Å². The summed E-state index contributed by atoms with van der Waals surface area (Å²) in [6, 6.07) is 12.3. The van der Waals surface area contributed by atoms with Gasteiger partial charge in [-0.2, -0.15) is 0 Å². The average Bonchev–Trinajstić information content (AvgIpc) is 2.51. The number of nitrogens with zero attached hydrogens (tertiary/aromatic N) is 3. The van der Waals surface area contributed by atoms with Gasteiger partial charge >= 0.3 is 0 Å². The first-order valence-electron chi connectivity index (χ1n) is 7.36. The number of halogens is 1. The van der Waals surface area contributed by atoms with E-state index >= 15 is 0 Å². The Hall–Kier alpha value is -1.58. The average molecular weight is 302 g/mol. The van der Waals surface area contributed by atoms with Crippen LogP contribution in [0, 0.1) is 6.92 Å². The monoisotopic (exact) mass is 301 g/mol. The van der Waals surface area contributed by atoms with E-state index in [9.17, 15) is 0 Å². The van der Waals surface area contributed by atoms with Crippen LogP contribution in [0.15, 0.2) is 42.6 Å². The predicted octanol–water partition coefficient (Wildman–Crippen LogP) is 3.37. The Morgan fingerprint density at radius 2 is 1.81 bits per heavy atom. The molecule has 1 aromatic heterocycles. The molecule has 0 saturated carbocycles. The quantitative estimate of drug-likeness (QED) is 0.866. The van der Waals surface area contributed by atoms with Crippen molar-refractivity contribution in [2.75, 3.05) is 31.1 Å². The molecule has 1 saturated heterocycles. The lowest BCUT2D eigenvalue weighted by atomic mass is 10.1. The van der Waals surface area contributed by atoms with Crippen LogP contribution in [0.3, 0.4) is 0 Å². The van der Waals surface area contributed by atoms with Crippen molar-refractivity contribution in [3.63, 3.8) is 0 Å². The Bertz CT molecular complexity index is 606. The molecule has 21 heavy (non-hydrogen) atoms. The number of rotatable bonds is 3. The molecule has 1 aliphatic rings. The first kappa shape index (κ1) is 14.4. The third-order valence-electron chi connectivity index (χ3n) is 4.08. The Labute approximate surface area is 131 Å². The third kappa shape index (κ3) is 3.36. The highest BCUT2D eigenvalue weighted by atomic mass is 35.5. The normalized spacial score (nSPS) is 16.2. The van der Waals surface area contributed by atoms with Crippen molar-refractivity contribution in [2.24, 2.45) is 0 Å². The fourth-order valence-corrected chi connectivity index (χ4v) is 3.04. The highest BCUT2D eigenvalue weighted by Gasteiger charge is 2.19. The van der Waals surface area contributed by atoms with Gasteiger partial charge in [-0.05, 0) is 30.7 Å². The number of piperazine rings is 1. The molecule has 2 aromatic rings. The van der Waals surface area contributed by atoms with E-state index in [1.54, 1.807) is 0 Å². The lowest BCUT2D eigenvalue weighted by molar-refractivity contribution is 0.249. The molecule has 4 heteroatoms. The van der Waals surface area contributed by atoms with Crippen molar-refractivity contribution in [1.29, 1.82) is 0 Å². The van der Waals surface area contributed by atoms with E-state index in [0.29, 0.717) is 0 Å². The maximum atomic E-state index is 6.28. The number of aromatic nitrogens is 1. The van der Waals surface area contributed by atoms with Crippen molar-refractivity contribution in [3.8, 4) is 0 Å². The van der Waals surface area contributed by atoms with Crippen LogP contribution in [0.2, 0.25) is 5.02 Å². The Morgan fingerprint density at radius 1 is 1.05 bits per heavy atom. The highest BCUT2D eigenvalue weighted by Crippen LogP contribution is 2.26. The lowest BCUT2D eigenvalue weighted by Gasteiger charge is -2.36. The summed E-state index contributed by atoms with van der Waals surface area (Å²) < 4.78 is 0. The molecule has 0 amide bonds. The largest absolute Gasteiger partial charge is 0.368 e. The van der Waals surface area contributed by atoms with Crippen LogP contribution >= 0.6 is 11.6 Å². The molecule has 1 fully saturated rings. The second-order valence-corrected chi connectivity index (χ2v) is 5.87. The number of para-hydroxylation sites is 1. The molecule has 0 atom stereocenters. The Kier molecular flexibility index (Phi) is 4.42. The van der Waals surface area contributed by atoms with Gasteiger partial charge in [0.25, 0.3) is 0 Å². The van der Waals surface area contributed by atoms with Crippen molar-refractivity contribution in [2.45, 2.75) is 13.5 Å². The van der Waals surface area contributed by atoms with Gasteiger partial charge in [0.15, 0.2) is 0 Å². The van der Waals surface area contributed by atoms with Crippen LogP contribution in [-0.2, 0) is 6.54 Å². The summed E-state index contributed by atoms with van der Waals surface area (Å²) in [5.74, 6) is 0. The molecule has 0 bridgehead atoms. The van der Waals surface area contributed by atoms with Crippen LogP contribution in [0.25, 0.3) is 0 Å². The second kappa shape index (κ2) is 6.46. The summed E-state index contributed by atoms with van der Waals surface area (Å²) in [6.45, 7) is 7.20. The highest BCUT2D eigenvalue weighted by molar-refractivity contribution is 6.33. The van der Waals surface area contributed by atoms with E-state index in [4.69, 9.17) is 11.6 Å². The first-order valence-corrected chi connectivity index (χ1v) is 7.74. The van der Waals surface area contributed by atoms with Gasteiger partial charge in [-0.15, -0.1) is 0 Å². The first-order chi connectivity index (χ1) is 10.2. The smallest absolute Gasteiger partial charge is 0.0639 e. The number of hydrogen-bond donors (Lipinski definition) is 0. The van der Waals surface area contributed by atoms with Crippen LogP contribution in [0.1, 0.15) is 11.3 Å². The van der Waals surface area contributed by atoms with Crippen LogP contribution in [0.4, 0.5) is 5.69 Å². The van der Waals surface area contributed by atoms with Crippen molar-refractivity contribution in [1.82, 2.24) is 9.88 Å². The van der Waals surface area contributed by atoms with Crippen molar-refractivity contribution < 1.29 is 0 Å². The zero-order valence-electron chi connectivity index (χ0n) is 12.3. The number of benzene rings is 1. The van der Waals surface area contributed by atoms with Gasteiger partial charge in [0.05, 0.1) is 10.7 Å². The van der Waals surface area contributed by atoms with Crippen molar-refractivity contribution in [3.05, 3.63) is 58.9 Å². The maximum Gasteiger partial charge on any atom is 0.0639 e. The maximum absolute atomic E-state index is 6.28. The molecule has 3 rings (SSSR count). The Balaban J connectivity index is 1.61. The van der Waals surface area contributed by atoms with Gasteiger partial charge in [-0.1, -0.05) is 29.8 Å². The molecule has 0 unspecified atom stereocenters. The third-order valence-corrected chi connectivity index (χ3v) is 4.40. The molecule has 3 nitrogen and oxygen atoms in total. The van der Waals surface area contributed by atoms with Crippen LogP contribution in [0.5, 0.6) is 0 Å². The minimum Gasteiger partial charge on any atom is -0.368 e. The predicted molar refractivity (Wildman–Crippen MR) is 87.9 cm³/mol. The number of aryl methyl sites for hydroxylation is 1. The summed E-state index contributed by atoms with van der Waals surface area (Å²) in [5, 5.41) is 0.842. The molecule has 2 heterocycles. The second-order valence-electron chi connectivity index (χ2n) is 5.46. The van der Waals surface area contributed by atoms with Crippen LogP contribution < -0.4 is 4.90 Å². The Morgan fingerprint density at radius 3 is 2.52 bits per heavy atom. The fourth-order valence-electron chi connectivity index (χ4n) is 2.78. The minimum absolute atomic E-state index is 0.842. The van der Waals surface area contributed by atoms with Gasteiger partial charge in [0.2, 0.25) is 0 Å². The van der Waals surface area contributed by atoms with E-state index in [2.05, 4.69) is 33.8 Å². The van der Waals surface area contributed by atoms with Gasteiger partial charge in [-0.25, -0.2) is 0 Å². The van der Waals surface area contributed by atoms with E-state index in [1.807, 2.05) is 30.5 Å². The van der Waals surface area contributed by atoms with Gasteiger partial charge in [0, 0.05) is 44.6 Å². The molecule has 0 aliphatic carbocycles. The van der Waals surface area contributed by atoms with E-state index < -0.39 is 0 Å². The minimum atomic E-state index is 0.842. The van der Waals surface area contributed by atoms with Gasteiger partial charge in [-0.3, -0.25) is 9.88 Å². The van der Waals surface area contributed by atoms with E-state index in [1.165, 1.54) is 5.56 Å². The van der Waals surface area contributed by atoms with Gasteiger partial charge < -0.3 is 4.90 Å². The number of hydrogen-bond acceptors (Lipinski definition) is 3. The van der Waals surface area contributed by atoms with Gasteiger partial charge in [0.1, 0.15) is 0 Å². The summed E-state index contributed by atoms with van der Waals surface area (Å²) >= 11 is 6.28. The molecule has 0 radical (unpaired) electrons. The molecular formula is C17H20ClN3. The van der Waals surface area contributed by atoms with E-state index in [0.717, 1.165) is 49.1 Å². The summed E-state index contributed by atoms with van der Waals surface area (Å²) in [6.07, 6.45) is 1.86. The van der Waals surface area contributed by atoms with Crippen molar-refractivity contribution >= 4 is 17.3 Å².